The second-order valence-electron chi connectivity index (χ2n) is 7.65. The minimum Gasteiger partial charge on any atom is -0.311 e. The summed E-state index contributed by atoms with van der Waals surface area (Å²) in [6.07, 6.45) is 0.243. The molecule has 0 unspecified atom stereocenters. The number of aromatic nitrogens is 2. The van der Waals surface area contributed by atoms with Crippen LogP contribution in [0.3, 0.4) is 0 Å². The van der Waals surface area contributed by atoms with Gasteiger partial charge >= 0.3 is 0 Å². The molecule has 0 bridgehead atoms. The number of carbonyl (C=O) groups excluding carboxylic acids is 1. The van der Waals surface area contributed by atoms with E-state index in [1.165, 1.54) is 27.7 Å². The molecule has 0 saturated heterocycles. The molecule has 1 amide bonds. The Kier molecular flexibility index (Phi) is 6.98. The highest BCUT2D eigenvalue weighted by Gasteiger charge is 2.20. The second-order valence-corrected chi connectivity index (χ2v) is 10.4. The van der Waals surface area contributed by atoms with Gasteiger partial charge in [0, 0.05) is 35.1 Å². The van der Waals surface area contributed by atoms with Crippen molar-refractivity contribution in [2.24, 2.45) is 7.05 Å². The maximum absolute atomic E-state index is 13.1. The van der Waals surface area contributed by atoms with Crippen LogP contribution in [0.1, 0.15) is 17.5 Å². The van der Waals surface area contributed by atoms with E-state index in [-0.39, 0.29) is 23.6 Å². The topological polar surface area (TPSA) is 79.0 Å². The summed E-state index contributed by atoms with van der Waals surface area (Å²) >= 11 is 4.27. The Morgan fingerprint density at radius 1 is 1.24 bits per heavy atom. The van der Waals surface area contributed by atoms with Crippen LogP contribution in [0.5, 0.6) is 0 Å². The number of rotatable bonds is 7. The zero-order valence-corrected chi connectivity index (χ0v) is 20.9. The third-order valence-corrected chi connectivity index (χ3v) is 7.94. The van der Waals surface area contributed by atoms with Crippen molar-refractivity contribution in [3.05, 3.63) is 62.6 Å². The number of hydrogen-bond donors (Lipinski definition) is 0. The smallest absolute Gasteiger partial charge is 0.263 e. The van der Waals surface area contributed by atoms with Gasteiger partial charge in [-0.3, -0.25) is 14.2 Å². The van der Waals surface area contributed by atoms with E-state index in [0.717, 1.165) is 27.3 Å². The predicted molar refractivity (Wildman–Crippen MR) is 137 cm³/mol. The van der Waals surface area contributed by atoms with Gasteiger partial charge in [0.2, 0.25) is 5.91 Å². The van der Waals surface area contributed by atoms with Crippen LogP contribution < -0.4 is 10.5 Å². The zero-order valence-electron chi connectivity index (χ0n) is 18.5. The Morgan fingerprint density at radius 2 is 2.00 bits per heavy atom. The fourth-order valence-electron chi connectivity index (χ4n) is 3.67. The molecule has 0 spiro atoms. The Bertz CT molecular complexity index is 1390. The summed E-state index contributed by atoms with van der Waals surface area (Å²) in [4.78, 5) is 34.3. The predicted octanol–water partition coefficient (Wildman–Crippen LogP) is 5.38. The van der Waals surface area contributed by atoms with Crippen LogP contribution >= 0.6 is 34.4 Å². The Labute approximate surface area is 204 Å². The Balaban J connectivity index is 1.60. The lowest BCUT2D eigenvalue weighted by atomic mass is 10.1. The number of nitrogens with zero attached hydrogens (tertiary/aromatic N) is 4. The highest BCUT2D eigenvalue weighted by Crippen LogP contribution is 2.34. The van der Waals surface area contributed by atoms with Crippen molar-refractivity contribution in [2.45, 2.75) is 25.4 Å². The van der Waals surface area contributed by atoms with Crippen LogP contribution in [0.4, 0.5) is 5.69 Å². The van der Waals surface area contributed by atoms with Crippen molar-refractivity contribution in [1.82, 2.24) is 9.55 Å². The van der Waals surface area contributed by atoms with Gasteiger partial charge in [-0.05, 0) is 48.6 Å². The van der Waals surface area contributed by atoms with Crippen molar-refractivity contribution in [3.8, 4) is 16.5 Å². The first-order chi connectivity index (χ1) is 15.9. The first kappa shape index (κ1) is 23.2. The number of benzene rings is 1. The monoisotopic (exact) mass is 494 g/mol. The summed E-state index contributed by atoms with van der Waals surface area (Å²) in [6, 6.07) is 12.0. The van der Waals surface area contributed by atoms with E-state index in [1.807, 2.05) is 54.9 Å². The molecule has 0 fully saturated rings. The second kappa shape index (κ2) is 9.91. The largest absolute Gasteiger partial charge is 0.311 e. The van der Waals surface area contributed by atoms with Crippen LogP contribution in [-0.2, 0) is 11.8 Å². The van der Waals surface area contributed by atoms with E-state index in [9.17, 15) is 9.59 Å². The average Bonchev–Trinajstić information content (AvgIpc) is 3.44. The molecule has 3 heterocycles. The Hall–Kier alpha value is -2.93. The lowest BCUT2D eigenvalue weighted by Crippen LogP contribution is -2.33. The number of carbonyl (C=O) groups is 1. The van der Waals surface area contributed by atoms with E-state index < -0.39 is 0 Å². The fraction of sp³-hybridized carbons (Fsp3) is 0.250. The molecule has 0 N–H and O–H groups in total. The van der Waals surface area contributed by atoms with Gasteiger partial charge in [-0.1, -0.05) is 23.9 Å². The maximum atomic E-state index is 13.1. The first-order valence-electron chi connectivity index (χ1n) is 10.3. The number of aryl methyl sites for hydroxylation is 2. The number of thioether (sulfide) groups is 1. The summed E-state index contributed by atoms with van der Waals surface area (Å²) in [5, 5.41) is 14.1. The van der Waals surface area contributed by atoms with Crippen molar-refractivity contribution in [3.63, 3.8) is 0 Å². The summed E-state index contributed by atoms with van der Waals surface area (Å²) in [6.45, 7) is 4.29. The van der Waals surface area contributed by atoms with Gasteiger partial charge in [0.15, 0.2) is 5.16 Å². The molecule has 0 aliphatic heterocycles. The van der Waals surface area contributed by atoms with Gasteiger partial charge in [0.25, 0.3) is 5.56 Å². The number of anilines is 1. The molecular weight excluding hydrogens is 472 g/mol. The average molecular weight is 495 g/mol. The van der Waals surface area contributed by atoms with E-state index in [4.69, 9.17) is 5.26 Å². The molecule has 0 saturated carbocycles. The summed E-state index contributed by atoms with van der Waals surface area (Å²) in [7, 11) is 1.69. The van der Waals surface area contributed by atoms with Crippen molar-refractivity contribution in [2.75, 3.05) is 17.2 Å². The maximum Gasteiger partial charge on any atom is 0.263 e. The Morgan fingerprint density at radius 3 is 2.67 bits per heavy atom. The third-order valence-electron chi connectivity index (χ3n) is 5.15. The first-order valence-corrected chi connectivity index (χ1v) is 13.0. The van der Waals surface area contributed by atoms with Gasteiger partial charge < -0.3 is 4.90 Å². The van der Waals surface area contributed by atoms with Crippen LogP contribution in [-0.4, -0.2) is 27.8 Å². The molecule has 0 aliphatic carbocycles. The summed E-state index contributed by atoms with van der Waals surface area (Å²) in [5.74, 6) is -0.00654. The van der Waals surface area contributed by atoms with Crippen LogP contribution in [0.2, 0.25) is 0 Å². The van der Waals surface area contributed by atoms with Gasteiger partial charge in [-0.2, -0.15) is 5.26 Å². The van der Waals surface area contributed by atoms with Crippen molar-refractivity contribution in [1.29, 1.82) is 5.26 Å². The molecule has 4 rings (SSSR count). The minimum absolute atomic E-state index is 0.116. The van der Waals surface area contributed by atoms with Crippen LogP contribution in [0.25, 0.3) is 20.7 Å². The number of thiophene rings is 2. The SMILES string of the molecule is Cc1cc(C)cc(N(CCC#N)C(=O)CSc2nc3scc(-c4cccs4)c3c(=O)n2C)c1. The van der Waals surface area contributed by atoms with Crippen LogP contribution in [0, 0.1) is 25.2 Å². The van der Waals surface area contributed by atoms with Gasteiger partial charge in [0.1, 0.15) is 4.83 Å². The van der Waals surface area contributed by atoms with Gasteiger partial charge in [0.05, 0.1) is 23.6 Å². The molecular formula is C24H22N4O2S3. The minimum atomic E-state index is -0.125. The molecule has 168 valence electrons. The van der Waals surface area contributed by atoms with Crippen LogP contribution in [0.15, 0.2) is 51.0 Å². The summed E-state index contributed by atoms with van der Waals surface area (Å²) in [5.41, 5.74) is 3.69. The molecule has 0 atom stereocenters. The third kappa shape index (κ3) is 4.88. The highest BCUT2D eigenvalue weighted by molar-refractivity contribution is 7.99. The molecule has 9 heteroatoms. The molecule has 0 aliphatic rings. The molecule has 1 aromatic carbocycles. The molecule has 0 radical (unpaired) electrons. The van der Waals surface area contributed by atoms with Crippen molar-refractivity contribution >= 4 is 56.2 Å². The standard InChI is InChI=1S/C24H22N4O2S3/c1-15-10-16(2)12-17(11-15)28(8-5-7-25)20(29)14-33-24-26-22-21(23(30)27(24)3)18(13-32-22)19-6-4-9-31-19/h4,6,9-13H,5,8,14H2,1-3H3. The van der Waals surface area contributed by atoms with E-state index in [2.05, 4.69) is 11.1 Å². The van der Waals surface area contributed by atoms with Crippen molar-refractivity contribution < 1.29 is 4.79 Å². The zero-order chi connectivity index (χ0) is 23.5. The molecule has 33 heavy (non-hydrogen) atoms. The number of hydrogen-bond acceptors (Lipinski definition) is 7. The fourth-order valence-corrected chi connectivity index (χ4v) is 6.32. The number of nitriles is 1. The van der Waals surface area contributed by atoms with Gasteiger partial charge in [-0.15, -0.1) is 22.7 Å². The number of fused-ring (bicyclic) bond motifs is 1. The summed E-state index contributed by atoms with van der Waals surface area (Å²) < 4.78 is 1.51. The van der Waals surface area contributed by atoms with E-state index in [0.29, 0.717) is 21.9 Å². The highest BCUT2D eigenvalue weighted by atomic mass is 32.2. The van der Waals surface area contributed by atoms with Gasteiger partial charge in [-0.25, -0.2) is 4.98 Å². The molecule has 3 aromatic heterocycles. The number of amides is 1. The molecule has 4 aromatic rings. The lowest BCUT2D eigenvalue weighted by molar-refractivity contribution is -0.116. The molecule has 6 nitrogen and oxygen atoms in total. The van der Waals surface area contributed by atoms with E-state index in [1.54, 1.807) is 23.3 Å². The quantitative estimate of drug-likeness (QED) is 0.255. The normalized spacial score (nSPS) is 11.0. The lowest BCUT2D eigenvalue weighted by Gasteiger charge is -2.23. The van der Waals surface area contributed by atoms with E-state index >= 15 is 0 Å².